The predicted molar refractivity (Wildman–Crippen MR) is 137 cm³/mol. The number of hydrogen-bond acceptors (Lipinski definition) is 6. The SMILES string of the molecule is C=C(Br)Cc1c(OC)c2c(c(OC)c1C(O)C#CCN(C)C(=O)C#CC[Si](C)(C)C)C(=O)OC2. The van der Waals surface area contributed by atoms with Gasteiger partial charge in [0.15, 0.2) is 0 Å². The van der Waals surface area contributed by atoms with Gasteiger partial charge in [-0.15, -0.1) is 0 Å². The molecule has 9 heteroatoms. The van der Waals surface area contributed by atoms with Crippen LogP contribution in [0.25, 0.3) is 0 Å². The number of aliphatic hydroxyl groups is 1. The van der Waals surface area contributed by atoms with Gasteiger partial charge >= 0.3 is 5.97 Å². The molecule has 1 N–H and O–H groups in total. The molecule has 0 saturated carbocycles. The van der Waals surface area contributed by atoms with Crippen molar-refractivity contribution in [2.24, 2.45) is 0 Å². The van der Waals surface area contributed by atoms with Gasteiger partial charge in [0, 0.05) is 30.6 Å². The smallest absolute Gasteiger partial charge is 0.342 e. The molecule has 1 atom stereocenters. The number of cyclic esters (lactones) is 1. The summed E-state index contributed by atoms with van der Waals surface area (Å²) in [6.45, 7) is 10.6. The minimum atomic E-state index is -1.35. The summed E-state index contributed by atoms with van der Waals surface area (Å²) in [6.07, 6.45) is -1.01. The van der Waals surface area contributed by atoms with Crippen LogP contribution < -0.4 is 9.47 Å². The lowest BCUT2D eigenvalue weighted by Crippen LogP contribution is -2.26. The molecule has 0 radical (unpaired) electrons. The van der Waals surface area contributed by atoms with E-state index in [1.807, 2.05) is 0 Å². The van der Waals surface area contributed by atoms with Crippen LogP contribution in [0.2, 0.25) is 25.7 Å². The lowest BCUT2D eigenvalue weighted by molar-refractivity contribution is -0.123. The number of allylic oxidation sites excluding steroid dienone is 1. The fourth-order valence-electron chi connectivity index (χ4n) is 3.39. The van der Waals surface area contributed by atoms with Crippen LogP contribution in [-0.2, 0) is 22.6 Å². The zero-order valence-electron chi connectivity index (χ0n) is 20.4. The first-order valence-electron chi connectivity index (χ1n) is 10.6. The van der Waals surface area contributed by atoms with Crippen LogP contribution in [-0.4, -0.2) is 57.8 Å². The van der Waals surface area contributed by atoms with Gasteiger partial charge in [0.2, 0.25) is 0 Å². The van der Waals surface area contributed by atoms with Crippen molar-refractivity contribution >= 4 is 35.9 Å². The summed E-state index contributed by atoms with van der Waals surface area (Å²) >= 11 is 3.36. The monoisotopic (exact) mass is 547 g/mol. The summed E-state index contributed by atoms with van der Waals surface area (Å²) in [5, 5.41) is 11.0. The molecular formula is C25H30BrNO6Si. The molecule has 1 heterocycles. The van der Waals surface area contributed by atoms with Crippen molar-refractivity contribution in [1.82, 2.24) is 4.90 Å². The van der Waals surface area contributed by atoms with Gasteiger partial charge in [-0.1, -0.05) is 59.9 Å². The van der Waals surface area contributed by atoms with Crippen molar-refractivity contribution in [1.29, 1.82) is 0 Å². The van der Waals surface area contributed by atoms with Crippen LogP contribution in [0.1, 0.15) is 33.2 Å². The number of carbonyl (C=O) groups is 2. The van der Waals surface area contributed by atoms with E-state index in [2.05, 4.69) is 65.8 Å². The highest BCUT2D eigenvalue weighted by Crippen LogP contribution is 2.45. The summed E-state index contributed by atoms with van der Waals surface area (Å²) in [4.78, 5) is 26.0. The van der Waals surface area contributed by atoms with E-state index in [0.29, 0.717) is 33.3 Å². The summed E-state index contributed by atoms with van der Waals surface area (Å²) in [5.74, 6) is 10.9. The van der Waals surface area contributed by atoms with E-state index >= 15 is 0 Å². The van der Waals surface area contributed by atoms with Crippen molar-refractivity contribution in [2.45, 2.75) is 44.8 Å². The van der Waals surface area contributed by atoms with Crippen molar-refractivity contribution in [3.8, 4) is 35.2 Å². The molecular weight excluding hydrogens is 518 g/mol. The molecule has 1 aromatic carbocycles. The van der Waals surface area contributed by atoms with Gasteiger partial charge in [-0.3, -0.25) is 4.79 Å². The second kappa shape index (κ2) is 11.6. The Morgan fingerprint density at radius 1 is 1.26 bits per heavy atom. The molecule has 0 aromatic heterocycles. The third-order valence-corrected chi connectivity index (χ3v) is 6.48. The molecule has 34 heavy (non-hydrogen) atoms. The lowest BCUT2D eigenvalue weighted by Gasteiger charge is -2.21. The van der Waals surface area contributed by atoms with E-state index < -0.39 is 20.1 Å². The number of ether oxygens (including phenoxy) is 3. The van der Waals surface area contributed by atoms with Crippen molar-refractivity contribution in [3.05, 3.63) is 33.3 Å². The Balaban J connectivity index is 2.39. The van der Waals surface area contributed by atoms with Crippen molar-refractivity contribution < 1.29 is 28.9 Å². The molecule has 0 saturated heterocycles. The molecule has 0 fully saturated rings. The molecule has 182 valence electrons. The fraction of sp³-hybridized carbons (Fsp3) is 0.440. The molecule has 1 aliphatic heterocycles. The van der Waals surface area contributed by atoms with Crippen molar-refractivity contribution in [2.75, 3.05) is 27.8 Å². The van der Waals surface area contributed by atoms with E-state index in [9.17, 15) is 14.7 Å². The molecule has 0 bridgehead atoms. The summed E-state index contributed by atoms with van der Waals surface area (Å²) in [5.41, 5.74) is 1.65. The number of esters is 1. The number of aliphatic hydroxyl groups excluding tert-OH is 1. The number of rotatable bonds is 7. The van der Waals surface area contributed by atoms with Gasteiger partial charge in [0.25, 0.3) is 5.91 Å². The van der Waals surface area contributed by atoms with E-state index in [4.69, 9.17) is 14.2 Å². The first-order chi connectivity index (χ1) is 15.9. The molecule has 0 aliphatic carbocycles. The number of halogens is 1. The fourth-order valence-corrected chi connectivity index (χ4v) is 4.29. The maximum atomic E-state index is 12.4. The number of amides is 1. The Bertz CT molecular complexity index is 1120. The first kappa shape index (κ1) is 27.5. The molecule has 2 rings (SSSR count). The summed E-state index contributed by atoms with van der Waals surface area (Å²) in [7, 11) is 3.14. The normalized spacial score (nSPS) is 12.9. The minimum Gasteiger partial charge on any atom is -0.496 e. The standard InChI is InChI=1S/C25H30BrNO6Si/c1-16(26)14-17-21(24(32-4)22-18(23(17)31-3)15-33-25(22)30)19(28)10-8-12-27(2)20(29)11-9-13-34(5,6)7/h19,28H,1,12-15H2,2-7H3. The molecule has 1 aliphatic rings. The van der Waals surface area contributed by atoms with Crippen LogP contribution in [0.5, 0.6) is 11.5 Å². The van der Waals surface area contributed by atoms with Crippen LogP contribution in [0.15, 0.2) is 11.1 Å². The van der Waals surface area contributed by atoms with Gasteiger partial charge in [-0.25, -0.2) is 4.79 Å². The third kappa shape index (κ3) is 6.66. The highest BCUT2D eigenvalue weighted by Gasteiger charge is 2.36. The topological polar surface area (TPSA) is 85.3 Å². The summed E-state index contributed by atoms with van der Waals surface area (Å²) < 4.78 is 16.9. The Morgan fingerprint density at radius 2 is 1.91 bits per heavy atom. The first-order valence-corrected chi connectivity index (χ1v) is 15.1. The van der Waals surface area contributed by atoms with Gasteiger partial charge in [-0.05, 0) is 10.4 Å². The minimum absolute atomic E-state index is 0.0448. The number of fused-ring (bicyclic) bond motifs is 1. The van der Waals surface area contributed by atoms with Gasteiger partial charge < -0.3 is 24.2 Å². The number of nitrogens with zero attached hydrogens (tertiary/aromatic N) is 1. The molecule has 1 amide bonds. The highest BCUT2D eigenvalue weighted by atomic mass is 79.9. The van der Waals surface area contributed by atoms with Crippen molar-refractivity contribution in [3.63, 3.8) is 0 Å². The summed E-state index contributed by atoms with van der Waals surface area (Å²) in [6, 6.07) is 0.737. The van der Waals surface area contributed by atoms with E-state index in [-0.39, 0.29) is 30.4 Å². The predicted octanol–water partition coefficient (Wildman–Crippen LogP) is 3.66. The van der Waals surface area contributed by atoms with Gasteiger partial charge in [-0.2, -0.15) is 0 Å². The number of methoxy groups -OCH3 is 2. The average molecular weight is 549 g/mol. The maximum Gasteiger partial charge on any atom is 0.342 e. The van der Waals surface area contributed by atoms with Crippen LogP contribution >= 0.6 is 15.9 Å². The third-order valence-electron chi connectivity index (χ3n) is 4.96. The van der Waals surface area contributed by atoms with Crippen LogP contribution in [0.4, 0.5) is 0 Å². The molecule has 1 unspecified atom stereocenters. The average Bonchev–Trinajstić information content (AvgIpc) is 3.12. The maximum absolute atomic E-state index is 12.4. The van der Waals surface area contributed by atoms with E-state index in [1.165, 1.54) is 19.1 Å². The van der Waals surface area contributed by atoms with E-state index in [0.717, 1.165) is 6.04 Å². The quantitative estimate of drug-likeness (QED) is 0.318. The molecule has 0 spiro atoms. The zero-order chi connectivity index (χ0) is 25.6. The number of benzene rings is 1. The molecule has 1 aromatic rings. The number of carbonyl (C=O) groups excluding carboxylic acids is 2. The van der Waals surface area contributed by atoms with E-state index in [1.54, 1.807) is 7.05 Å². The lowest BCUT2D eigenvalue weighted by atomic mass is 9.91. The largest absolute Gasteiger partial charge is 0.496 e. The Kier molecular flexibility index (Phi) is 9.40. The Labute approximate surface area is 210 Å². The van der Waals surface area contributed by atoms with Crippen LogP contribution in [0.3, 0.4) is 0 Å². The Hall–Kier alpha value is -2.72. The second-order valence-corrected chi connectivity index (χ2v) is 15.6. The zero-order valence-corrected chi connectivity index (χ0v) is 23.0. The Morgan fingerprint density at radius 3 is 2.47 bits per heavy atom. The highest BCUT2D eigenvalue weighted by molar-refractivity contribution is 9.11. The van der Waals surface area contributed by atoms with Gasteiger partial charge in [0.05, 0.1) is 34.4 Å². The van der Waals surface area contributed by atoms with Gasteiger partial charge in [0.1, 0.15) is 29.8 Å². The number of hydrogen-bond donors (Lipinski definition) is 1. The molecule has 7 nitrogen and oxygen atoms in total. The van der Waals surface area contributed by atoms with Crippen LogP contribution in [0, 0.1) is 23.7 Å². The second-order valence-electron chi connectivity index (χ2n) is 9.01.